The Labute approximate surface area is 181 Å². The highest BCUT2D eigenvalue weighted by Gasteiger charge is 2.36. The highest BCUT2D eigenvalue weighted by molar-refractivity contribution is 6.35. The first kappa shape index (κ1) is 23.8. The first-order valence-corrected chi connectivity index (χ1v) is 8.75. The van der Waals surface area contributed by atoms with Gasteiger partial charge in [0.2, 0.25) is 5.88 Å². The Morgan fingerprint density at radius 2 is 2.07 bits per heavy atom. The van der Waals surface area contributed by atoms with Gasteiger partial charge in [-0.25, -0.2) is 4.98 Å². The number of hydrogen-bond acceptors (Lipinski definition) is 4. The summed E-state index contributed by atoms with van der Waals surface area (Å²) in [6, 6.07) is 8.31. The second kappa shape index (κ2) is 9.80. The van der Waals surface area contributed by atoms with E-state index in [4.69, 9.17) is 33.7 Å². The zero-order valence-corrected chi connectivity index (χ0v) is 17.8. The smallest absolute Gasteiger partial charge is 0.259 e. The van der Waals surface area contributed by atoms with Crippen LogP contribution in [0.1, 0.15) is 23.7 Å². The molecule has 1 saturated heterocycles. The molecule has 27 heavy (non-hydrogen) atoms. The lowest BCUT2D eigenvalue weighted by Crippen LogP contribution is -2.34. The van der Waals surface area contributed by atoms with Gasteiger partial charge in [0.1, 0.15) is 11.3 Å². The van der Waals surface area contributed by atoms with E-state index < -0.39 is 0 Å². The fraction of sp³-hybridized carbons (Fsp3) is 0.333. The van der Waals surface area contributed by atoms with E-state index in [1.807, 2.05) is 0 Å². The number of rotatable bonds is 4. The second-order valence-electron chi connectivity index (χ2n) is 6.52. The third-order valence-electron chi connectivity index (χ3n) is 4.44. The molecule has 0 radical (unpaired) electrons. The molecule has 9 heteroatoms. The normalized spacial score (nSPS) is 18.4. The summed E-state index contributed by atoms with van der Waals surface area (Å²) in [4.78, 5) is 18.9. The van der Waals surface area contributed by atoms with Crippen LogP contribution in [0, 0.1) is 5.41 Å². The monoisotopic (exact) mass is 451 g/mol. The van der Waals surface area contributed by atoms with Crippen LogP contribution < -0.4 is 10.5 Å². The Kier molecular flexibility index (Phi) is 8.64. The minimum absolute atomic E-state index is 0. The number of aromatic nitrogens is 1. The summed E-state index contributed by atoms with van der Waals surface area (Å²) in [5, 5.41) is 0.862. The molecule has 2 aromatic rings. The van der Waals surface area contributed by atoms with Gasteiger partial charge in [-0.1, -0.05) is 30.1 Å². The molecule has 2 N–H and O–H groups in total. The maximum atomic E-state index is 12.9. The van der Waals surface area contributed by atoms with E-state index in [0.29, 0.717) is 41.0 Å². The number of nitrogens with two attached hydrogens (primary N) is 1. The summed E-state index contributed by atoms with van der Waals surface area (Å²) in [6.07, 6.45) is 2.46. The highest BCUT2D eigenvalue weighted by Crippen LogP contribution is 2.34. The van der Waals surface area contributed by atoms with E-state index in [9.17, 15) is 4.79 Å². The predicted octanol–water partition coefficient (Wildman–Crippen LogP) is 4.84. The average molecular weight is 453 g/mol. The van der Waals surface area contributed by atoms with Gasteiger partial charge in [0.25, 0.3) is 5.91 Å². The van der Waals surface area contributed by atoms with Crippen LogP contribution in [0.4, 0.5) is 0 Å². The lowest BCUT2D eigenvalue weighted by molar-refractivity contribution is 0.0773. The molecule has 0 saturated carbocycles. The molecule has 3 rings (SSSR count). The molecule has 5 nitrogen and oxygen atoms in total. The van der Waals surface area contributed by atoms with Gasteiger partial charge in [-0.2, -0.15) is 0 Å². The van der Waals surface area contributed by atoms with Crippen molar-refractivity contribution >= 4 is 53.9 Å². The van der Waals surface area contributed by atoms with Crippen molar-refractivity contribution in [1.82, 2.24) is 9.88 Å². The summed E-state index contributed by atoms with van der Waals surface area (Å²) in [5.74, 6) is 0.496. The Balaban J connectivity index is 0.00000182. The van der Waals surface area contributed by atoms with Gasteiger partial charge >= 0.3 is 0 Å². The molecule has 0 spiro atoms. The standard InChI is InChI=1S/C18H19Cl2N3O2.2ClH/c1-18(10-21)6-8-23(11-18)17(24)13-3-2-7-22-16(13)25-15-5-4-12(19)9-14(15)20;;/h2-5,7,9H,6,8,10-11,21H2,1H3;2*1H. The Hall–Kier alpha value is -1.24. The van der Waals surface area contributed by atoms with E-state index in [-0.39, 0.29) is 42.0 Å². The number of likely N-dealkylation sites (tertiary alicyclic amines) is 1. The molecule has 148 valence electrons. The molecule has 1 aromatic heterocycles. The average Bonchev–Trinajstić information content (AvgIpc) is 3.00. The van der Waals surface area contributed by atoms with Crippen LogP contribution in [-0.2, 0) is 0 Å². The summed E-state index contributed by atoms with van der Waals surface area (Å²) in [6.45, 7) is 3.93. The van der Waals surface area contributed by atoms with Crippen molar-refractivity contribution < 1.29 is 9.53 Å². The molecule has 2 heterocycles. The van der Waals surface area contributed by atoms with Crippen LogP contribution in [0.25, 0.3) is 0 Å². The number of nitrogens with zero attached hydrogens (tertiary/aromatic N) is 2. The Morgan fingerprint density at radius 1 is 1.33 bits per heavy atom. The van der Waals surface area contributed by atoms with Crippen LogP contribution >= 0.6 is 48.0 Å². The summed E-state index contributed by atoms with van der Waals surface area (Å²) < 4.78 is 5.78. The van der Waals surface area contributed by atoms with Crippen molar-refractivity contribution in [1.29, 1.82) is 0 Å². The van der Waals surface area contributed by atoms with Gasteiger partial charge in [-0.05, 0) is 48.7 Å². The van der Waals surface area contributed by atoms with Crippen LogP contribution in [0.3, 0.4) is 0 Å². The lowest BCUT2D eigenvalue weighted by atomic mass is 9.90. The number of pyridine rings is 1. The molecule has 1 amide bonds. The van der Waals surface area contributed by atoms with E-state index >= 15 is 0 Å². The SMILES string of the molecule is CC1(CN)CCN(C(=O)c2cccnc2Oc2ccc(Cl)cc2Cl)C1.Cl.Cl. The number of ether oxygens (including phenoxy) is 1. The van der Waals surface area contributed by atoms with Crippen LogP contribution in [0.5, 0.6) is 11.6 Å². The van der Waals surface area contributed by atoms with Gasteiger partial charge < -0.3 is 15.4 Å². The quantitative estimate of drug-likeness (QED) is 0.720. The highest BCUT2D eigenvalue weighted by atomic mass is 35.5. The van der Waals surface area contributed by atoms with E-state index in [0.717, 1.165) is 6.42 Å². The number of amides is 1. The fourth-order valence-corrected chi connectivity index (χ4v) is 3.28. The third-order valence-corrected chi connectivity index (χ3v) is 4.97. The summed E-state index contributed by atoms with van der Waals surface area (Å²) in [7, 11) is 0. The van der Waals surface area contributed by atoms with Gasteiger partial charge in [0, 0.05) is 24.3 Å². The molecule has 1 atom stereocenters. The summed E-state index contributed by atoms with van der Waals surface area (Å²) in [5.41, 5.74) is 6.18. The molecular weight excluding hydrogens is 432 g/mol. The Bertz CT molecular complexity index is 806. The number of halogens is 4. The largest absolute Gasteiger partial charge is 0.437 e. The molecular formula is C18H21Cl4N3O2. The van der Waals surface area contributed by atoms with Crippen LogP contribution in [-0.4, -0.2) is 35.4 Å². The van der Waals surface area contributed by atoms with Crippen LogP contribution in [0.2, 0.25) is 10.0 Å². The molecule has 1 unspecified atom stereocenters. The minimum atomic E-state index is -0.120. The van der Waals surface area contributed by atoms with E-state index in [2.05, 4.69) is 11.9 Å². The van der Waals surface area contributed by atoms with Gasteiger partial charge in [0.05, 0.1) is 5.02 Å². The first-order valence-electron chi connectivity index (χ1n) is 7.99. The molecule has 1 aliphatic rings. The number of hydrogen-bond donors (Lipinski definition) is 1. The minimum Gasteiger partial charge on any atom is -0.437 e. The number of carbonyl (C=O) groups is 1. The van der Waals surface area contributed by atoms with E-state index in [1.165, 1.54) is 0 Å². The Morgan fingerprint density at radius 3 is 2.70 bits per heavy atom. The van der Waals surface area contributed by atoms with Crippen LogP contribution in [0.15, 0.2) is 36.5 Å². The van der Waals surface area contributed by atoms with Crippen molar-refractivity contribution in [2.75, 3.05) is 19.6 Å². The topological polar surface area (TPSA) is 68.5 Å². The maximum absolute atomic E-state index is 12.9. The number of carbonyl (C=O) groups excluding carboxylic acids is 1. The molecule has 0 aliphatic carbocycles. The molecule has 1 aromatic carbocycles. The predicted molar refractivity (Wildman–Crippen MR) is 113 cm³/mol. The van der Waals surface area contributed by atoms with Gasteiger partial charge in [-0.3, -0.25) is 4.79 Å². The zero-order chi connectivity index (χ0) is 18.0. The maximum Gasteiger partial charge on any atom is 0.259 e. The number of benzene rings is 1. The van der Waals surface area contributed by atoms with Crippen molar-refractivity contribution in [3.05, 3.63) is 52.1 Å². The zero-order valence-electron chi connectivity index (χ0n) is 14.7. The summed E-state index contributed by atoms with van der Waals surface area (Å²) >= 11 is 12.0. The third kappa shape index (κ3) is 5.39. The van der Waals surface area contributed by atoms with Gasteiger partial charge in [0.15, 0.2) is 0 Å². The van der Waals surface area contributed by atoms with Gasteiger partial charge in [-0.15, -0.1) is 24.8 Å². The molecule has 1 aliphatic heterocycles. The molecule has 0 bridgehead atoms. The first-order chi connectivity index (χ1) is 11.9. The fourth-order valence-electron chi connectivity index (χ4n) is 2.83. The van der Waals surface area contributed by atoms with Crippen molar-refractivity contribution in [3.8, 4) is 11.6 Å². The lowest BCUT2D eigenvalue weighted by Gasteiger charge is -2.23. The van der Waals surface area contributed by atoms with Crippen molar-refractivity contribution in [2.24, 2.45) is 11.1 Å². The van der Waals surface area contributed by atoms with E-state index in [1.54, 1.807) is 41.4 Å². The molecule has 1 fully saturated rings. The second-order valence-corrected chi connectivity index (χ2v) is 7.37. The van der Waals surface area contributed by atoms with Crippen molar-refractivity contribution in [3.63, 3.8) is 0 Å². The van der Waals surface area contributed by atoms with Crippen molar-refractivity contribution in [2.45, 2.75) is 13.3 Å².